The van der Waals surface area contributed by atoms with Crippen molar-refractivity contribution in [3.8, 4) is 11.3 Å². The first-order chi connectivity index (χ1) is 28.8. The first kappa shape index (κ1) is 41.8. The van der Waals surface area contributed by atoms with Gasteiger partial charge in [-0.05, 0) is 67.8 Å². The Labute approximate surface area is 365 Å². The summed E-state index contributed by atoms with van der Waals surface area (Å²) in [6.45, 7) is 11.0. The third-order valence-corrected chi connectivity index (χ3v) is 12.9. The van der Waals surface area contributed by atoms with Crippen molar-refractivity contribution in [1.82, 2.24) is 54.3 Å². The van der Waals surface area contributed by atoms with Crippen molar-refractivity contribution in [2.75, 3.05) is 63.4 Å². The van der Waals surface area contributed by atoms with Gasteiger partial charge in [-0.1, -0.05) is 91.7 Å². The molecular formula is C42H51Br2N13OS. The Morgan fingerprint density at radius 2 is 1.54 bits per heavy atom. The molecule has 310 valence electrons. The molecule has 0 bridgehead atoms. The van der Waals surface area contributed by atoms with E-state index in [-0.39, 0.29) is 0 Å². The molecule has 1 fully saturated rings. The van der Waals surface area contributed by atoms with Crippen LogP contribution >= 0.6 is 43.6 Å². The zero-order valence-corrected chi connectivity index (χ0v) is 37.3. The van der Waals surface area contributed by atoms with Crippen molar-refractivity contribution in [2.45, 2.75) is 63.5 Å². The summed E-state index contributed by atoms with van der Waals surface area (Å²) in [4.78, 5) is 14.4. The quantitative estimate of drug-likeness (QED) is 0.0440. The highest BCUT2D eigenvalue weighted by Gasteiger charge is 2.21. The molecule has 5 heterocycles. The van der Waals surface area contributed by atoms with Crippen molar-refractivity contribution >= 4 is 82.4 Å². The Bertz CT molecular complexity index is 2420. The van der Waals surface area contributed by atoms with E-state index in [9.17, 15) is 5.11 Å². The molecule has 59 heavy (non-hydrogen) atoms. The van der Waals surface area contributed by atoms with Crippen LogP contribution in [0, 0.1) is 0 Å². The predicted octanol–water partition coefficient (Wildman–Crippen LogP) is 6.88. The Morgan fingerprint density at radius 3 is 2.25 bits per heavy atom. The largest absolute Gasteiger partial charge is 0.390 e. The highest BCUT2D eigenvalue weighted by molar-refractivity contribution is 9.10. The van der Waals surface area contributed by atoms with E-state index in [0.29, 0.717) is 54.9 Å². The van der Waals surface area contributed by atoms with Gasteiger partial charge in [-0.15, -0.1) is 10.2 Å². The van der Waals surface area contributed by atoms with Crippen LogP contribution < -0.4 is 11.1 Å². The molecule has 0 aliphatic carbocycles. The van der Waals surface area contributed by atoms with Gasteiger partial charge in [-0.3, -0.25) is 9.58 Å². The smallest absolute Gasteiger partial charge is 0.191 e. The van der Waals surface area contributed by atoms with Crippen LogP contribution in [-0.2, 0) is 19.6 Å². The number of aryl methyl sites for hydroxylation is 1. The lowest BCUT2D eigenvalue weighted by Gasteiger charge is -2.35. The molecule has 1 unspecified atom stereocenters. The number of unbranched alkanes of at least 4 members (excludes halogenated alkanes) is 2. The van der Waals surface area contributed by atoms with Crippen molar-refractivity contribution in [3.63, 3.8) is 0 Å². The summed E-state index contributed by atoms with van der Waals surface area (Å²) in [7, 11) is 0. The second-order valence-electron chi connectivity index (χ2n) is 15.2. The number of hydrogen-bond donors (Lipinski definition) is 3. The molecule has 0 spiro atoms. The average Bonchev–Trinajstić information content (AvgIpc) is 3.96. The Morgan fingerprint density at radius 1 is 0.831 bits per heavy atom. The summed E-state index contributed by atoms with van der Waals surface area (Å²) in [5, 5.41) is 35.3. The number of piperazine rings is 1. The van der Waals surface area contributed by atoms with Gasteiger partial charge in [0, 0.05) is 94.4 Å². The zero-order valence-electron chi connectivity index (χ0n) is 33.4. The molecule has 4 N–H and O–H groups in total. The van der Waals surface area contributed by atoms with E-state index in [1.807, 2.05) is 15.6 Å². The maximum Gasteiger partial charge on any atom is 0.191 e. The molecular weight excluding hydrogens is 894 g/mol. The highest BCUT2D eigenvalue weighted by atomic mass is 79.9. The molecule has 0 saturated carbocycles. The van der Waals surface area contributed by atoms with Gasteiger partial charge in [0.1, 0.15) is 5.69 Å². The number of thioether (sulfide) groups is 1. The number of nitrogens with zero attached hydrogens (tertiary/aromatic N) is 11. The van der Waals surface area contributed by atoms with Crippen LogP contribution in [0.4, 0.5) is 5.82 Å². The predicted molar refractivity (Wildman–Crippen MR) is 244 cm³/mol. The summed E-state index contributed by atoms with van der Waals surface area (Å²) in [6, 6.07) is 21.1. The van der Waals surface area contributed by atoms with Gasteiger partial charge in [-0.25, -0.2) is 14.6 Å². The monoisotopic (exact) mass is 943 g/mol. The number of hydrogen-bond acceptors (Lipinski definition) is 12. The minimum atomic E-state index is -0.450. The number of nitrogens with one attached hydrogen (secondary N) is 1. The van der Waals surface area contributed by atoms with Crippen LogP contribution in [0.1, 0.15) is 38.2 Å². The number of rotatable bonds is 19. The fraction of sp³-hybridized carbons (Fsp3) is 0.429. The van der Waals surface area contributed by atoms with E-state index in [0.717, 1.165) is 108 Å². The van der Waals surface area contributed by atoms with E-state index < -0.39 is 6.10 Å². The minimum Gasteiger partial charge on any atom is -0.390 e. The Hall–Kier alpha value is -3.97. The molecule has 0 amide bonds. The lowest BCUT2D eigenvalue weighted by atomic mass is 10.1. The fourth-order valence-electron chi connectivity index (χ4n) is 7.80. The van der Waals surface area contributed by atoms with Gasteiger partial charge in [0.05, 0.1) is 25.4 Å². The number of β-amino-alcohol motifs (C(OH)–C–C–N with tert-alkyl or cyclic N) is 1. The number of fused-ring (bicyclic) bond motifs is 4. The highest BCUT2D eigenvalue weighted by Crippen LogP contribution is 2.33. The zero-order chi connectivity index (χ0) is 40.7. The molecule has 4 aromatic heterocycles. The molecule has 1 atom stereocenters. The summed E-state index contributed by atoms with van der Waals surface area (Å²) < 4.78 is 8.16. The lowest BCUT2D eigenvalue weighted by Crippen LogP contribution is -2.49. The molecule has 1 aliphatic rings. The molecule has 1 aliphatic heterocycles. The van der Waals surface area contributed by atoms with Gasteiger partial charge >= 0.3 is 0 Å². The van der Waals surface area contributed by atoms with E-state index in [1.165, 1.54) is 10.8 Å². The molecule has 14 nitrogen and oxygen atoms in total. The van der Waals surface area contributed by atoms with Crippen LogP contribution in [0.25, 0.3) is 44.2 Å². The van der Waals surface area contributed by atoms with Crippen molar-refractivity contribution in [2.24, 2.45) is 5.73 Å². The molecule has 0 radical (unpaired) electrons. The Kier molecular flexibility index (Phi) is 13.9. The number of halogens is 2. The molecule has 3 aromatic carbocycles. The van der Waals surface area contributed by atoms with E-state index in [2.05, 4.69) is 145 Å². The van der Waals surface area contributed by atoms with Crippen molar-refractivity contribution in [3.05, 3.63) is 81.4 Å². The molecule has 1 saturated heterocycles. The van der Waals surface area contributed by atoms with Crippen LogP contribution in [0.2, 0.25) is 0 Å². The number of anilines is 1. The summed E-state index contributed by atoms with van der Waals surface area (Å²) in [5.74, 6) is 1.61. The number of aliphatic hydroxyl groups is 1. The number of aromatic nitrogens is 9. The molecule has 7 aromatic rings. The topological polar surface area (TPSA) is 157 Å². The van der Waals surface area contributed by atoms with E-state index >= 15 is 0 Å². The van der Waals surface area contributed by atoms with Gasteiger partial charge in [0.2, 0.25) is 0 Å². The van der Waals surface area contributed by atoms with Crippen molar-refractivity contribution < 1.29 is 5.11 Å². The SMILES string of the molecule is CCCSc1nc(NCCN)c2nnn(Cc3ccc(-c4cn(CCCCCN5CCN(CC(O)Cn6c7ccc(Br)cc7c7cc(Br)ccc76)CC5)nn4)cc3)c2n1. The lowest BCUT2D eigenvalue weighted by molar-refractivity contribution is 0.0650. The van der Waals surface area contributed by atoms with Gasteiger partial charge in [0.15, 0.2) is 22.1 Å². The van der Waals surface area contributed by atoms with Crippen LogP contribution in [0.5, 0.6) is 0 Å². The maximum absolute atomic E-state index is 11.2. The van der Waals surface area contributed by atoms with E-state index in [4.69, 9.17) is 10.7 Å². The van der Waals surface area contributed by atoms with Crippen molar-refractivity contribution in [1.29, 1.82) is 0 Å². The first-order valence-corrected chi connectivity index (χ1v) is 23.1. The van der Waals surface area contributed by atoms with Crippen LogP contribution in [-0.4, -0.2) is 124 Å². The van der Waals surface area contributed by atoms with Gasteiger partial charge in [-0.2, -0.15) is 0 Å². The summed E-state index contributed by atoms with van der Waals surface area (Å²) >= 11 is 8.90. The van der Waals surface area contributed by atoms with Crippen LogP contribution in [0.15, 0.2) is 81.0 Å². The van der Waals surface area contributed by atoms with E-state index in [1.54, 1.807) is 11.8 Å². The molecule has 17 heteroatoms. The third-order valence-electron chi connectivity index (χ3n) is 10.8. The number of nitrogens with two attached hydrogens (primary N) is 1. The second kappa shape index (κ2) is 19.6. The van der Waals surface area contributed by atoms with Gasteiger partial charge in [0.25, 0.3) is 0 Å². The average molecular weight is 946 g/mol. The first-order valence-electron chi connectivity index (χ1n) is 20.5. The summed E-state index contributed by atoms with van der Waals surface area (Å²) in [5.41, 5.74) is 12.4. The molecule has 8 rings (SSSR count). The third kappa shape index (κ3) is 10.2. The fourth-order valence-corrected chi connectivity index (χ4v) is 9.22. The second-order valence-corrected chi connectivity index (χ2v) is 18.1. The normalized spacial score (nSPS) is 14.6. The maximum atomic E-state index is 11.2. The summed E-state index contributed by atoms with van der Waals surface area (Å²) in [6.07, 6.45) is 5.97. The standard InChI is InChI=1S/C42H51Br2N13OS/c1-2-22-59-42-47-40(46-15-14-45)39-41(48-42)57(52-50-39)25-29-6-8-30(9-7-29)36-28-55(51-49-36)17-5-3-4-16-53-18-20-54(21-19-53)26-33(58)27-56-37-12-10-31(43)23-34(37)35-24-32(44)11-13-38(35)56/h6-13,23-24,28,33,58H,2-5,14-22,25-27,45H2,1H3,(H,46,47,48). The number of aliphatic hydroxyl groups excluding tert-OH is 1. The Balaban J connectivity index is 0.762. The minimum absolute atomic E-state index is 0.450. The van der Waals surface area contributed by atoms with Crippen LogP contribution in [0.3, 0.4) is 0 Å². The van der Waals surface area contributed by atoms with Gasteiger partial charge < -0.3 is 25.6 Å². The number of benzene rings is 3.